The van der Waals surface area contributed by atoms with Crippen LogP contribution in [-0.4, -0.2) is 34.1 Å². The van der Waals surface area contributed by atoms with Gasteiger partial charge in [0.25, 0.3) is 0 Å². The quantitative estimate of drug-likeness (QED) is 0.653. The van der Waals surface area contributed by atoms with E-state index in [4.69, 9.17) is 4.74 Å². The molecule has 118 valence electrons. The molecular formula is C18H22O4. The van der Waals surface area contributed by atoms with Gasteiger partial charge >= 0.3 is 0 Å². The van der Waals surface area contributed by atoms with Gasteiger partial charge in [0.2, 0.25) is 0 Å². The zero-order chi connectivity index (χ0) is 15.8. The molecular weight excluding hydrogens is 280 g/mol. The molecule has 0 aromatic heterocycles. The molecule has 0 radical (unpaired) electrons. The van der Waals surface area contributed by atoms with Gasteiger partial charge in [0.05, 0.1) is 12.7 Å². The largest absolute Gasteiger partial charge is 0.390 e. The van der Waals surface area contributed by atoms with Crippen LogP contribution in [0.25, 0.3) is 0 Å². The van der Waals surface area contributed by atoms with Crippen LogP contribution in [0.4, 0.5) is 0 Å². The summed E-state index contributed by atoms with van der Waals surface area (Å²) in [6, 6.07) is 18.6. The van der Waals surface area contributed by atoms with Crippen LogP contribution in [0.15, 0.2) is 60.7 Å². The Morgan fingerprint density at radius 3 is 2.05 bits per heavy atom. The fourth-order valence-corrected chi connectivity index (χ4v) is 2.20. The first-order valence-electron chi connectivity index (χ1n) is 7.39. The fourth-order valence-electron chi connectivity index (χ4n) is 2.20. The van der Waals surface area contributed by atoms with E-state index in [1.54, 1.807) is 24.3 Å². The zero-order valence-electron chi connectivity index (χ0n) is 12.4. The molecule has 3 N–H and O–H groups in total. The van der Waals surface area contributed by atoms with Gasteiger partial charge in [0.15, 0.2) is 0 Å². The summed E-state index contributed by atoms with van der Waals surface area (Å²) >= 11 is 0. The van der Waals surface area contributed by atoms with Crippen LogP contribution in [0.3, 0.4) is 0 Å². The Hall–Kier alpha value is -1.72. The third kappa shape index (κ3) is 4.93. The predicted molar refractivity (Wildman–Crippen MR) is 84.1 cm³/mol. The van der Waals surface area contributed by atoms with Crippen LogP contribution in [0, 0.1) is 0 Å². The lowest BCUT2D eigenvalue weighted by molar-refractivity contribution is -0.0711. The van der Waals surface area contributed by atoms with Gasteiger partial charge in [-0.3, -0.25) is 0 Å². The highest BCUT2D eigenvalue weighted by atomic mass is 16.5. The van der Waals surface area contributed by atoms with Gasteiger partial charge in [-0.25, -0.2) is 0 Å². The first-order valence-corrected chi connectivity index (χ1v) is 7.39. The number of rotatable bonds is 8. The van der Waals surface area contributed by atoms with Crippen LogP contribution in [0.2, 0.25) is 0 Å². The van der Waals surface area contributed by atoms with E-state index in [2.05, 4.69) is 0 Å². The molecule has 0 amide bonds. The standard InChI is InChI=1S/C18H22O4/c19-16(11-12-22-13-14-7-3-1-4-8-14)18(21)17(20)15-9-5-2-6-10-15/h1-10,16-21H,11-13H2/t16-,17-,18+/m1/s1. The molecule has 4 heteroatoms. The highest BCUT2D eigenvalue weighted by molar-refractivity contribution is 5.18. The fraction of sp³-hybridized carbons (Fsp3) is 0.333. The Bertz CT molecular complexity index is 529. The lowest BCUT2D eigenvalue weighted by atomic mass is 9.99. The van der Waals surface area contributed by atoms with Crippen molar-refractivity contribution < 1.29 is 20.1 Å². The van der Waals surface area contributed by atoms with Crippen LogP contribution < -0.4 is 0 Å². The molecule has 0 saturated carbocycles. The maximum atomic E-state index is 10.0. The molecule has 2 aromatic rings. The summed E-state index contributed by atoms with van der Waals surface area (Å²) in [5, 5.41) is 30.0. The van der Waals surface area contributed by atoms with Gasteiger partial charge in [-0.2, -0.15) is 0 Å². The highest BCUT2D eigenvalue weighted by Crippen LogP contribution is 2.20. The first kappa shape index (κ1) is 16.6. The lowest BCUT2D eigenvalue weighted by Crippen LogP contribution is -2.33. The van der Waals surface area contributed by atoms with Crippen molar-refractivity contribution in [1.29, 1.82) is 0 Å². The van der Waals surface area contributed by atoms with Crippen molar-refractivity contribution in [3.05, 3.63) is 71.8 Å². The smallest absolute Gasteiger partial charge is 0.110 e. The number of hydrogen-bond donors (Lipinski definition) is 3. The predicted octanol–water partition coefficient (Wildman–Crippen LogP) is 2.05. The van der Waals surface area contributed by atoms with Gasteiger partial charge in [-0.15, -0.1) is 0 Å². The van der Waals surface area contributed by atoms with E-state index >= 15 is 0 Å². The summed E-state index contributed by atoms with van der Waals surface area (Å²) in [6.07, 6.45) is -3.11. The minimum absolute atomic E-state index is 0.262. The molecule has 22 heavy (non-hydrogen) atoms. The first-order chi connectivity index (χ1) is 10.7. The van der Waals surface area contributed by atoms with Gasteiger partial charge in [0, 0.05) is 6.61 Å². The van der Waals surface area contributed by atoms with E-state index < -0.39 is 18.3 Å². The SMILES string of the molecule is O[C@@H]([C@H](O)CCOCc1ccccc1)[C@H](O)c1ccccc1. The molecule has 0 saturated heterocycles. The molecule has 0 spiro atoms. The third-order valence-corrected chi connectivity index (χ3v) is 3.53. The maximum Gasteiger partial charge on any atom is 0.110 e. The Morgan fingerprint density at radius 2 is 1.41 bits per heavy atom. The number of aliphatic hydroxyl groups excluding tert-OH is 3. The Balaban J connectivity index is 1.73. The minimum Gasteiger partial charge on any atom is -0.390 e. The summed E-state index contributed by atoms with van der Waals surface area (Å²) in [5.74, 6) is 0. The summed E-state index contributed by atoms with van der Waals surface area (Å²) < 4.78 is 5.47. The Labute approximate surface area is 130 Å². The molecule has 0 unspecified atom stereocenters. The summed E-state index contributed by atoms with van der Waals surface area (Å²) in [5.41, 5.74) is 1.64. The van der Waals surface area contributed by atoms with Crippen molar-refractivity contribution in [3.63, 3.8) is 0 Å². The molecule has 2 aromatic carbocycles. The van der Waals surface area contributed by atoms with E-state index in [0.717, 1.165) is 5.56 Å². The highest BCUT2D eigenvalue weighted by Gasteiger charge is 2.25. The van der Waals surface area contributed by atoms with Gasteiger partial charge in [-0.05, 0) is 17.5 Å². The number of benzene rings is 2. The molecule has 4 nitrogen and oxygen atoms in total. The van der Waals surface area contributed by atoms with Crippen LogP contribution in [-0.2, 0) is 11.3 Å². The van der Waals surface area contributed by atoms with Crippen molar-refractivity contribution in [2.75, 3.05) is 6.61 Å². The van der Waals surface area contributed by atoms with Crippen molar-refractivity contribution in [3.8, 4) is 0 Å². The lowest BCUT2D eigenvalue weighted by Gasteiger charge is -2.23. The van der Waals surface area contributed by atoms with Crippen LogP contribution >= 0.6 is 0 Å². The molecule has 3 atom stereocenters. The van der Waals surface area contributed by atoms with E-state index in [1.165, 1.54) is 0 Å². The third-order valence-electron chi connectivity index (χ3n) is 3.53. The number of hydrogen-bond acceptors (Lipinski definition) is 4. The number of ether oxygens (including phenoxy) is 1. The summed E-state index contributed by atoms with van der Waals surface area (Å²) in [6.45, 7) is 0.777. The normalized spacial score (nSPS) is 15.2. The van der Waals surface area contributed by atoms with E-state index in [-0.39, 0.29) is 6.42 Å². The van der Waals surface area contributed by atoms with E-state index in [0.29, 0.717) is 18.8 Å². The summed E-state index contributed by atoms with van der Waals surface area (Å²) in [7, 11) is 0. The minimum atomic E-state index is -1.23. The Kier molecular flexibility index (Phi) is 6.55. The monoisotopic (exact) mass is 302 g/mol. The van der Waals surface area contributed by atoms with Crippen LogP contribution in [0.1, 0.15) is 23.7 Å². The van der Waals surface area contributed by atoms with Crippen molar-refractivity contribution in [2.45, 2.75) is 31.3 Å². The van der Waals surface area contributed by atoms with E-state index in [9.17, 15) is 15.3 Å². The second kappa shape index (κ2) is 8.66. The van der Waals surface area contributed by atoms with E-state index in [1.807, 2.05) is 36.4 Å². The molecule has 0 aliphatic carbocycles. The average Bonchev–Trinajstić information content (AvgIpc) is 2.59. The molecule has 0 aliphatic rings. The average molecular weight is 302 g/mol. The van der Waals surface area contributed by atoms with Crippen molar-refractivity contribution >= 4 is 0 Å². The second-order valence-corrected chi connectivity index (χ2v) is 5.24. The molecule has 0 heterocycles. The zero-order valence-corrected chi connectivity index (χ0v) is 12.4. The Morgan fingerprint density at radius 1 is 0.818 bits per heavy atom. The summed E-state index contributed by atoms with van der Waals surface area (Å²) in [4.78, 5) is 0. The topological polar surface area (TPSA) is 69.9 Å². The molecule has 0 bridgehead atoms. The second-order valence-electron chi connectivity index (χ2n) is 5.24. The van der Waals surface area contributed by atoms with Crippen molar-refractivity contribution in [2.24, 2.45) is 0 Å². The van der Waals surface area contributed by atoms with Gasteiger partial charge in [-0.1, -0.05) is 60.7 Å². The maximum absolute atomic E-state index is 10.0. The molecule has 2 rings (SSSR count). The molecule has 0 aliphatic heterocycles. The van der Waals surface area contributed by atoms with Gasteiger partial charge < -0.3 is 20.1 Å². The van der Waals surface area contributed by atoms with Crippen LogP contribution in [0.5, 0.6) is 0 Å². The van der Waals surface area contributed by atoms with Crippen molar-refractivity contribution in [1.82, 2.24) is 0 Å². The number of aliphatic hydroxyl groups is 3. The van der Waals surface area contributed by atoms with Gasteiger partial charge in [0.1, 0.15) is 12.2 Å². The molecule has 0 fully saturated rings.